The first-order valence-corrected chi connectivity index (χ1v) is 5.24. The smallest absolute Gasteiger partial charge is 0.0279 e. The van der Waals surface area contributed by atoms with Crippen LogP contribution in [0, 0.1) is 6.92 Å². The van der Waals surface area contributed by atoms with Crippen molar-refractivity contribution in [3.05, 3.63) is 42.3 Å². The van der Waals surface area contributed by atoms with Crippen LogP contribution in [-0.4, -0.2) is 0 Å². The molecule has 1 rings (SSSR count). The molecule has 1 radical (unpaired) electrons. The summed E-state index contributed by atoms with van der Waals surface area (Å²) in [7, 11) is 0. The van der Waals surface area contributed by atoms with Crippen molar-refractivity contribution in [2.24, 2.45) is 0 Å². The normalized spacial score (nSPS) is 10.3. The lowest BCUT2D eigenvalue weighted by Crippen LogP contribution is -1.88. The van der Waals surface area contributed by atoms with Gasteiger partial charge in [0.25, 0.3) is 0 Å². The molecule has 0 atom stereocenters. The Hall–Kier alpha value is -0.780. The summed E-state index contributed by atoms with van der Waals surface area (Å²) in [4.78, 5) is 0. The minimum atomic E-state index is 1.04. The van der Waals surface area contributed by atoms with E-state index in [1.807, 2.05) is 0 Å². The molecule has 1 aromatic carbocycles. The van der Waals surface area contributed by atoms with Crippen LogP contribution in [0.15, 0.2) is 24.3 Å². The highest BCUT2D eigenvalue weighted by atomic mass is 14.0. The zero-order valence-corrected chi connectivity index (χ0v) is 8.55. The van der Waals surface area contributed by atoms with Gasteiger partial charge in [-0.3, -0.25) is 0 Å². The van der Waals surface area contributed by atoms with E-state index < -0.39 is 0 Å². The Labute approximate surface area is 82.0 Å². The third-order valence-corrected chi connectivity index (χ3v) is 2.25. The zero-order valence-electron chi connectivity index (χ0n) is 8.55. The Morgan fingerprint density at radius 1 is 1.15 bits per heavy atom. The molecule has 0 spiro atoms. The minimum Gasteiger partial charge on any atom is -0.0651 e. The van der Waals surface area contributed by atoms with Crippen molar-refractivity contribution >= 4 is 0 Å². The van der Waals surface area contributed by atoms with Crippen LogP contribution in [0.4, 0.5) is 0 Å². The van der Waals surface area contributed by atoms with E-state index in [-0.39, 0.29) is 0 Å². The fraction of sp³-hybridized carbons (Fsp3) is 0.462. The fourth-order valence-electron chi connectivity index (χ4n) is 1.56. The number of hydrogen-bond donors (Lipinski definition) is 0. The molecular weight excluding hydrogens is 156 g/mol. The van der Waals surface area contributed by atoms with Gasteiger partial charge in [-0.2, -0.15) is 0 Å². The molecule has 0 nitrogen and oxygen atoms in total. The number of hydrogen-bond acceptors (Lipinski definition) is 0. The SMILES string of the molecule is [CH2]CCCc1cccc(CCC)c1. The molecule has 71 valence electrons. The van der Waals surface area contributed by atoms with Crippen LogP contribution in [0.2, 0.25) is 0 Å². The molecule has 0 aromatic heterocycles. The van der Waals surface area contributed by atoms with E-state index in [1.165, 1.54) is 36.8 Å². The molecular formula is C13H19. The van der Waals surface area contributed by atoms with Gasteiger partial charge in [-0.25, -0.2) is 0 Å². The lowest BCUT2D eigenvalue weighted by Gasteiger charge is -2.03. The third kappa shape index (κ3) is 3.63. The summed E-state index contributed by atoms with van der Waals surface area (Å²) in [6.45, 7) is 6.08. The molecule has 0 saturated carbocycles. The lowest BCUT2D eigenvalue weighted by atomic mass is 10.0. The highest BCUT2D eigenvalue weighted by Gasteiger charge is 1.94. The predicted octanol–water partition coefficient (Wildman–Crippen LogP) is 3.80. The number of benzene rings is 1. The van der Waals surface area contributed by atoms with Gasteiger partial charge in [-0.15, -0.1) is 0 Å². The van der Waals surface area contributed by atoms with E-state index in [0.29, 0.717) is 0 Å². The predicted molar refractivity (Wildman–Crippen MR) is 58.7 cm³/mol. The van der Waals surface area contributed by atoms with E-state index in [9.17, 15) is 0 Å². The molecule has 0 unspecified atom stereocenters. The Bertz CT molecular complexity index is 238. The molecule has 0 heterocycles. The molecule has 1 aromatic rings. The fourth-order valence-corrected chi connectivity index (χ4v) is 1.56. The first kappa shape index (κ1) is 10.3. The van der Waals surface area contributed by atoms with Crippen molar-refractivity contribution in [3.63, 3.8) is 0 Å². The third-order valence-electron chi connectivity index (χ3n) is 2.25. The van der Waals surface area contributed by atoms with Gasteiger partial charge in [0.2, 0.25) is 0 Å². The largest absolute Gasteiger partial charge is 0.0651 e. The first-order chi connectivity index (χ1) is 6.36. The highest BCUT2D eigenvalue weighted by molar-refractivity contribution is 5.23. The van der Waals surface area contributed by atoms with Gasteiger partial charge < -0.3 is 0 Å². The first-order valence-electron chi connectivity index (χ1n) is 5.24. The second-order valence-corrected chi connectivity index (χ2v) is 3.53. The number of aryl methyl sites for hydroxylation is 2. The monoisotopic (exact) mass is 175 g/mol. The van der Waals surface area contributed by atoms with Gasteiger partial charge in [0, 0.05) is 0 Å². The van der Waals surface area contributed by atoms with Crippen LogP contribution in [0.3, 0.4) is 0 Å². The Morgan fingerprint density at radius 3 is 2.46 bits per heavy atom. The van der Waals surface area contributed by atoms with Crippen LogP contribution in [0.1, 0.15) is 37.3 Å². The van der Waals surface area contributed by atoms with Gasteiger partial charge in [0.1, 0.15) is 0 Å². The summed E-state index contributed by atoms with van der Waals surface area (Å²) in [5.41, 5.74) is 2.94. The lowest BCUT2D eigenvalue weighted by molar-refractivity contribution is 0.836. The van der Waals surface area contributed by atoms with Gasteiger partial charge in [0.05, 0.1) is 0 Å². The second-order valence-electron chi connectivity index (χ2n) is 3.53. The summed E-state index contributed by atoms with van der Waals surface area (Å²) >= 11 is 0. The quantitative estimate of drug-likeness (QED) is 0.638. The average molecular weight is 175 g/mol. The van der Waals surface area contributed by atoms with Crippen molar-refractivity contribution in [1.29, 1.82) is 0 Å². The molecule has 13 heavy (non-hydrogen) atoms. The van der Waals surface area contributed by atoms with E-state index in [4.69, 9.17) is 0 Å². The molecule has 0 bridgehead atoms. The van der Waals surface area contributed by atoms with Crippen LogP contribution >= 0.6 is 0 Å². The number of rotatable bonds is 5. The van der Waals surface area contributed by atoms with E-state index in [1.54, 1.807) is 0 Å². The summed E-state index contributed by atoms with van der Waals surface area (Å²) in [5, 5.41) is 0. The van der Waals surface area contributed by atoms with Crippen molar-refractivity contribution in [2.75, 3.05) is 0 Å². The van der Waals surface area contributed by atoms with Crippen molar-refractivity contribution in [2.45, 2.75) is 39.0 Å². The van der Waals surface area contributed by atoms with Gasteiger partial charge in [-0.05, 0) is 30.4 Å². The van der Waals surface area contributed by atoms with Crippen molar-refractivity contribution in [3.8, 4) is 0 Å². The average Bonchev–Trinajstić information content (AvgIpc) is 2.16. The van der Waals surface area contributed by atoms with Gasteiger partial charge in [0.15, 0.2) is 0 Å². The standard InChI is InChI=1S/C13H19/c1-3-5-8-13-10-6-9-12(11-13)7-4-2/h6,9-11H,1,3-5,7-8H2,2H3. The molecule has 0 fully saturated rings. The number of unbranched alkanes of at least 4 members (excludes halogenated alkanes) is 1. The highest BCUT2D eigenvalue weighted by Crippen LogP contribution is 2.10. The summed E-state index contributed by atoms with van der Waals surface area (Å²) in [6, 6.07) is 8.94. The summed E-state index contributed by atoms with van der Waals surface area (Å²) in [5.74, 6) is 0. The molecule has 0 aliphatic carbocycles. The van der Waals surface area contributed by atoms with Crippen molar-refractivity contribution < 1.29 is 0 Å². The maximum absolute atomic E-state index is 3.86. The Kier molecular flexibility index (Phi) is 4.59. The van der Waals surface area contributed by atoms with Gasteiger partial charge in [-0.1, -0.05) is 51.0 Å². The van der Waals surface area contributed by atoms with Crippen LogP contribution in [0.25, 0.3) is 0 Å². The van der Waals surface area contributed by atoms with Crippen LogP contribution in [-0.2, 0) is 12.8 Å². The maximum atomic E-state index is 3.86. The molecule has 0 aliphatic rings. The van der Waals surface area contributed by atoms with E-state index in [0.717, 1.165) is 6.42 Å². The molecule has 0 N–H and O–H groups in total. The van der Waals surface area contributed by atoms with Crippen LogP contribution < -0.4 is 0 Å². The summed E-state index contributed by atoms with van der Waals surface area (Å²) in [6.07, 6.45) is 5.87. The second kappa shape index (κ2) is 5.80. The molecule has 0 amide bonds. The molecule has 0 saturated heterocycles. The van der Waals surface area contributed by atoms with Crippen molar-refractivity contribution in [1.82, 2.24) is 0 Å². The Morgan fingerprint density at radius 2 is 1.85 bits per heavy atom. The minimum absolute atomic E-state index is 1.04. The zero-order chi connectivity index (χ0) is 9.52. The maximum Gasteiger partial charge on any atom is -0.0279 e. The molecule has 0 heteroatoms. The van der Waals surface area contributed by atoms with Crippen LogP contribution in [0.5, 0.6) is 0 Å². The molecule has 0 aliphatic heterocycles. The van der Waals surface area contributed by atoms with Gasteiger partial charge >= 0.3 is 0 Å². The summed E-state index contributed by atoms with van der Waals surface area (Å²) < 4.78 is 0. The topological polar surface area (TPSA) is 0 Å². The van der Waals surface area contributed by atoms with E-state index >= 15 is 0 Å². The van der Waals surface area contributed by atoms with E-state index in [2.05, 4.69) is 38.1 Å². The Balaban J connectivity index is 2.56.